The van der Waals surface area contributed by atoms with E-state index in [4.69, 9.17) is 0 Å². The number of ether oxygens (including phenoxy) is 1. The van der Waals surface area contributed by atoms with Crippen LogP contribution in [0.4, 0.5) is 22.0 Å². The smallest absolute Gasteiger partial charge is 0.400 e. The summed E-state index contributed by atoms with van der Waals surface area (Å²) in [7, 11) is 0. The minimum absolute atomic E-state index is 0.318. The maximum Gasteiger partial charge on any atom is 0.400 e. The van der Waals surface area contributed by atoms with Gasteiger partial charge in [0.05, 0.1) is 5.92 Å². The van der Waals surface area contributed by atoms with Gasteiger partial charge in [-0.25, -0.2) is 13.2 Å². The minimum atomic E-state index is -3.54. The maximum absolute atomic E-state index is 14.5. The van der Waals surface area contributed by atoms with Gasteiger partial charge in [0.1, 0.15) is 5.75 Å². The Morgan fingerprint density at radius 2 is 1.36 bits per heavy atom. The van der Waals surface area contributed by atoms with Crippen LogP contribution in [0.15, 0.2) is 24.3 Å². The largest absolute Gasteiger partial charge is 0.432 e. The topological polar surface area (TPSA) is 9.23 Å². The van der Waals surface area contributed by atoms with Crippen LogP contribution in [-0.4, -0.2) is 6.11 Å². The van der Waals surface area contributed by atoms with E-state index in [1.165, 1.54) is 0 Å². The average Bonchev–Trinajstić information content (AvgIpc) is 2.67. The molecule has 2 aliphatic carbocycles. The molecule has 2 fully saturated rings. The molecule has 0 atom stereocenters. The molecule has 0 N–H and O–H groups in total. The third-order valence-electron chi connectivity index (χ3n) is 6.41. The Hall–Kier alpha value is -1.59. The van der Waals surface area contributed by atoms with Crippen LogP contribution in [0.25, 0.3) is 0 Å². The summed E-state index contributed by atoms with van der Waals surface area (Å²) in [4.78, 5) is 0. The molecule has 0 aromatic heterocycles. The Bertz CT molecular complexity index is 663. The first kappa shape index (κ1) is 21.1. The number of allylic oxidation sites excluding steroid dienone is 2. The molecule has 0 unspecified atom stereocenters. The Morgan fingerprint density at radius 3 is 1.86 bits per heavy atom. The Kier molecular flexibility index (Phi) is 6.66. The zero-order chi connectivity index (χ0) is 20.3. The molecule has 0 saturated heterocycles. The van der Waals surface area contributed by atoms with Crippen LogP contribution >= 0.6 is 0 Å². The molecule has 6 heteroatoms. The molecule has 28 heavy (non-hydrogen) atoms. The Morgan fingerprint density at radius 1 is 0.857 bits per heavy atom. The highest BCUT2D eigenvalue weighted by Gasteiger charge is 2.45. The van der Waals surface area contributed by atoms with Crippen molar-refractivity contribution in [1.29, 1.82) is 0 Å². The zero-order valence-electron chi connectivity index (χ0n) is 16.1. The highest BCUT2D eigenvalue weighted by atomic mass is 19.3. The maximum atomic E-state index is 14.5. The van der Waals surface area contributed by atoms with Gasteiger partial charge in [-0.15, -0.1) is 0 Å². The molecule has 0 heterocycles. The van der Waals surface area contributed by atoms with Crippen molar-refractivity contribution >= 4 is 0 Å². The van der Waals surface area contributed by atoms with Gasteiger partial charge in [-0.05, 0) is 76.0 Å². The van der Waals surface area contributed by atoms with Gasteiger partial charge in [0.15, 0.2) is 17.5 Å². The van der Waals surface area contributed by atoms with Crippen molar-refractivity contribution in [3.63, 3.8) is 0 Å². The molecule has 0 radical (unpaired) electrons. The molecule has 0 aliphatic heterocycles. The highest BCUT2D eigenvalue weighted by molar-refractivity contribution is 5.25. The molecule has 0 bridgehead atoms. The van der Waals surface area contributed by atoms with E-state index >= 15 is 0 Å². The SMILES string of the molecule is C/C=C/C1CCC(C2CCC(C(F)(F)Oc3cc(F)c(F)c(F)c3)CC2)CC1. The molecule has 2 aliphatic rings. The summed E-state index contributed by atoms with van der Waals surface area (Å²) in [6, 6.07) is 0.919. The zero-order valence-corrected chi connectivity index (χ0v) is 16.1. The molecule has 1 aromatic rings. The van der Waals surface area contributed by atoms with Gasteiger partial charge in [-0.2, -0.15) is 8.78 Å². The van der Waals surface area contributed by atoms with Crippen LogP contribution in [0, 0.1) is 41.1 Å². The predicted octanol–water partition coefficient (Wildman–Crippen LogP) is 7.26. The molecular weight excluding hydrogens is 375 g/mol. The van der Waals surface area contributed by atoms with Gasteiger partial charge in [0, 0.05) is 12.1 Å². The normalized spacial score (nSPS) is 29.2. The van der Waals surface area contributed by atoms with Crippen LogP contribution < -0.4 is 4.74 Å². The van der Waals surface area contributed by atoms with E-state index in [1.54, 1.807) is 0 Å². The van der Waals surface area contributed by atoms with Crippen molar-refractivity contribution in [2.75, 3.05) is 0 Å². The summed E-state index contributed by atoms with van der Waals surface area (Å²) in [5.74, 6) is -4.76. The number of halogens is 5. The fraction of sp³-hybridized carbons (Fsp3) is 0.636. The Labute approximate surface area is 163 Å². The second-order valence-electron chi connectivity index (χ2n) is 8.18. The standard InChI is InChI=1S/C22H27F5O/c1-2-3-14-4-6-15(7-5-14)16-8-10-17(11-9-16)22(26,27)28-18-12-19(23)21(25)20(24)13-18/h2-3,12-17H,4-11H2,1H3/b3-2+. The lowest BCUT2D eigenvalue weighted by molar-refractivity contribution is -0.224. The number of benzene rings is 1. The summed E-state index contributed by atoms with van der Waals surface area (Å²) in [5, 5.41) is 0. The molecule has 156 valence electrons. The van der Waals surface area contributed by atoms with Crippen LogP contribution in [0.5, 0.6) is 5.75 Å². The molecule has 3 rings (SSSR count). The number of alkyl halides is 2. The fourth-order valence-electron chi connectivity index (χ4n) is 4.84. The molecular formula is C22H27F5O. The first-order chi connectivity index (χ1) is 13.3. The summed E-state index contributed by atoms with van der Waals surface area (Å²) in [5.41, 5.74) is 0. The molecule has 0 spiro atoms. The lowest BCUT2D eigenvalue weighted by Crippen LogP contribution is -2.38. The number of hydrogen-bond donors (Lipinski definition) is 0. The summed E-state index contributed by atoms with van der Waals surface area (Å²) in [6.45, 7) is 2.03. The first-order valence-corrected chi connectivity index (χ1v) is 10.1. The van der Waals surface area contributed by atoms with Gasteiger partial charge in [0.2, 0.25) is 0 Å². The first-order valence-electron chi connectivity index (χ1n) is 10.1. The van der Waals surface area contributed by atoms with E-state index in [2.05, 4.69) is 16.9 Å². The summed E-state index contributed by atoms with van der Waals surface area (Å²) >= 11 is 0. The summed E-state index contributed by atoms with van der Waals surface area (Å²) < 4.78 is 73.1. The fourth-order valence-corrected chi connectivity index (χ4v) is 4.84. The second-order valence-corrected chi connectivity index (χ2v) is 8.18. The molecule has 0 amide bonds. The monoisotopic (exact) mass is 402 g/mol. The lowest BCUT2D eigenvalue weighted by Gasteiger charge is -2.39. The van der Waals surface area contributed by atoms with E-state index in [0.717, 1.165) is 25.7 Å². The number of rotatable bonds is 5. The van der Waals surface area contributed by atoms with Crippen molar-refractivity contribution < 1.29 is 26.7 Å². The van der Waals surface area contributed by atoms with E-state index < -0.39 is 35.2 Å². The Balaban J connectivity index is 1.54. The van der Waals surface area contributed by atoms with Crippen molar-refractivity contribution in [1.82, 2.24) is 0 Å². The molecule has 2 saturated carbocycles. The lowest BCUT2D eigenvalue weighted by atomic mass is 9.69. The predicted molar refractivity (Wildman–Crippen MR) is 97.6 cm³/mol. The van der Waals surface area contributed by atoms with Gasteiger partial charge in [-0.3, -0.25) is 0 Å². The quantitative estimate of drug-likeness (QED) is 0.286. The molecule has 1 aromatic carbocycles. The van der Waals surface area contributed by atoms with Crippen LogP contribution in [0.1, 0.15) is 58.3 Å². The van der Waals surface area contributed by atoms with Crippen molar-refractivity contribution in [3.05, 3.63) is 41.7 Å². The second kappa shape index (κ2) is 8.83. The molecule has 1 nitrogen and oxygen atoms in total. The van der Waals surface area contributed by atoms with Crippen molar-refractivity contribution in [2.24, 2.45) is 23.7 Å². The van der Waals surface area contributed by atoms with E-state index in [1.807, 2.05) is 6.92 Å². The highest BCUT2D eigenvalue weighted by Crippen LogP contribution is 2.45. The minimum Gasteiger partial charge on any atom is -0.432 e. The van der Waals surface area contributed by atoms with Crippen LogP contribution in [0.3, 0.4) is 0 Å². The van der Waals surface area contributed by atoms with Crippen molar-refractivity contribution in [3.8, 4) is 5.75 Å². The van der Waals surface area contributed by atoms with Gasteiger partial charge in [-0.1, -0.05) is 12.2 Å². The summed E-state index contributed by atoms with van der Waals surface area (Å²) in [6.07, 6.45) is 7.50. The number of hydrogen-bond acceptors (Lipinski definition) is 1. The third kappa shape index (κ3) is 4.87. The van der Waals surface area contributed by atoms with Crippen molar-refractivity contribution in [2.45, 2.75) is 64.4 Å². The van der Waals surface area contributed by atoms with Crippen LogP contribution in [0.2, 0.25) is 0 Å². The average molecular weight is 402 g/mol. The van der Waals surface area contributed by atoms with Gasteiger partial charge >= 0.3 is 6.11 Å². The van der Waals surface area contributed by atoms with Gasteiger partial charge in [0.25, 0.3) is 0 Å². The third-order valence-corrected chi connectivity index (χ3v) is 6.41. The van der Waals surface area contributed by atoms with Gasteiger partial charge < -0.3 is 4.74 Å². The van der Waals surface area contributed by atoms with E-state index in [-0.39, 0.29) is 0 Å². The van der Waals surface area contributed by atoms with E-state index in [9.17, 15) is 22.0 Å². The van der Waals surface area contributed by atoms with Crippen LogP contribution in [-0.2, 0) is 0 Å². The van der Waals surface area contributed by atoms with E-state index in [0.29, 0.717) is 55.6 Å².